The van der Waals surface area contributed by atoms with Gasteiger partial charge in [0.05, 0.1) is 7.11 Å². The van der Waals surface area contributed by atoms with Crippen LogP contribution in [0, 0.1) is 0 Å². The summed E-state index contributed by atoms with van der Waals surface area (Å²) in [5.41, 5.74) is 0.876. The van der Waals surface area contributed by atoms with Crippen LogP contribution in [0.15, 0.2) is 24.3 Å². The molecule has 1 rings (SSSR count). The monoisotopic (exact) mass is 267 g/mol. The van der Waals surface area contributed by atoms with Crippen molar-refractivity contribution in [2.75, 3.05) is 7.11 Å². The predicted octanol–water partition coefficient (Wildman–Crippen LogP) is 1.10. The number of hydrogen-bond donors (Lipinski definition) is 3. The summed E-state index contributed by atoms with van der Waals surface area (Å²) < 4.78 is 5.07. The van der Waals surface area contributed by atoms with Gasteiger partial charge >= 0.3 is 11.9 Å². The normalized spacial score (nSPS) is 11.8. The smallest absolute Gasteiger partial charge is 0.320 e. The maximum Gasteiger partial charge on any atom is 0.320 e. The molecule has 0 bridgehead atoms. The lowest BCUT2D eigenvalue weighted by atomic mass is 10.1. The van der Waals surface area contributed by atoms with E-state index in [4.69, 9.17) is 14.9 Å². The van der Waals surface area contributed by atoms with Crippen LogP contribution in [0.2, 0.25) is 0 Å². The fourth-order valence-corrected chi connectivity index (χ4v) is 1.60. The van der Waals surface area contributed by atoms with Gasteiger partial charge in [-0.1, -0.05) is 12.1 Å². The first-order chi connectivity index (χ1) is 9.02. The molecule has 0 spiro atoms. The molecule has 1 atom stereocenters. The lowest BCUT2D eigenvalue weighted by molar-refractivity contribution is -0.140. The van der Waals surface area contributed by atoms with E-state index < -0.39 is 18.0 Å². The first kappa shape index (κ1) is 15.0. The molecule has 0 aromatic heterocycles. The van der Waals surface area contributed by atoms with Crippen LogP contribution in [0.1, 0.15) is 18.4 Å². The number of methoxy groups -OCH3 is 1. The fraction of sp³-hybridized carbons (Fsp3) is 0.385. The minimum atomic E-state index is -1.05. The quantitative estimate of drug-likeness (QED) is 0.653. The number of hydrogen-bond acceptors (Lipinski definition) is 4. The van der Waals surface area contributed by atoms with E-state index in [1.807, 2.05) is 12.1 Å². The molecule has 6 heteroatoms. The Morgan fingerprint density at radius 2 is 2.11 bits per heavy atom. The first-order valence-electron chi connectivity index (χ1n) is 5.84. The first-order valence-corrected chi connectivity index (χ1v) is 5.84. The van der Waals surface area contributed by atoms with Crippen molar-refractivity contribution in [3.63, 3.8) is 0 Å². The third-order valence-electron chi connectivity index (χ3n) is 2.63. The lowest BCUT2D eigenvalue weighted by Crippen LogP contribution is -2.36. The zero-order valence-corrected chi connectivity index (χ0v) is 10.6. The van der Waals surface area contributed by atoms with Crippen LogP contribution in [0.5, 0.6) is 5.75 Å². The van der Waals surface area contributed by atoms with E-state index in [9.17, 15) is 9.59 Å². The third kappa shape index (κ3) is 5.39. The second-order valence-electron chi connectivity index (χ2n) is 4.06. The number of carbonyl (C=O) groups is 2. The highest BCUT2D eigenvalue weighted by Crippen LogP contribution is 2.12. The molecule has 0 saturated heterocycles. The number of aliphatic carboxylic acids is 2. The van der Waals surface area contributed by atoms with Crippen molar-refractivity contribution in [3.05, 3.63) is 29.8 Å². The van der Waals surface area contributed by atoms with Gasteiger partial charge < -0.3 is 20.3 Å². The lowest BCUT2D eigenvalue weighted by Gasteiger charge is -2.13. The van der Waals surface area contributed by atoms with Crippen molar-refractivity contribution in [1.29, 1.82) is 0 Å². The Hall–Kier alpha value is -2.08. The Labute approximate surface area is 111 Å². The molecule has 0 fully saturated rings. The predicted molar refractivity (Wildman–Crippen MR) is 68.1 cm³/mol. The molecule has 0 unspecified atom stereocenters. The van der Waals surface area contributed by atoms with Gasteiger partial charge in [0.1, 0.15) is 11.8 Å². The second kappa shape index (κ2) is 7.38. The Morgan fingerprint density at radius 1 is 1.37 bits per heavy atom. The van der Waals surface area contributed by atoms with E-state index in [1.165, 1.54) is 0 Å². The summed E-state index contributed by atoms with van der Waals surface area (Å²) in [4.78, 5) is 21.4. The average molecular weight is 267 g/mol. The van der Waals surface area contributed by atoms with Gasteiger partial charge in [-0.15, -0.1) is 0 Å². The molecular weight excluding hydrogens is 250 g/mol. The Kier molecular flexibility index (Phi) is 5.81. The summed E-state index contributed by atoms with van der Waals surface area (Å²) in [7, 11) is 1.56. The van der Waals surface area contributed by atoms with Gasteiger partial charge in [0.15, 0.2) is 0 Å². The van der Waals surface area contributed by atoms with E-state index in [0.29, 0.717) is 12.3 Å². The van der Waals surface area contributed by atoms with Crippen LogP contribution in [0.25, 0.3) is 0 Å². The number of rotatable bonds is 8. The summed E-state index contributed by atoms with van der Waals surface area (Å²) in [6.45, 7) is 0.341. The molecule has 0 heterocycles. The molecule has 19 heavy (non-hydrogen) atoms. The molecule has 0 aliphatic rings. The summed E-state index contributed by atoms with van der Waals surface area (Å²) in [6.07, 6.45) is -0.128. The standard InChI is InChI=1S/C13H17NO5/c1-19-10-4-2-3-9(7-10)8-14-11(13(17)18)5-6-12(15)16/h2-4,7,11,14H,5-6,8H2,1H3,(H,15,16)(H,17,18)/t11-/m0/s1. The van der Waals surface area contributed by atoms with Gasteiger partial charge in [0.2, 0.25) is 0 Å². The number of ether oxygens (including phenoxy) is 1. The van der Waals surface area contributed by atoms with Crippen LogP contribution in [-0.4, -0.2) is 35.3 Å². The van der Waals surface area contributed by atoms with Crippen LogP contribution >= 0.6 is 0 Å². The van der Waals surface area contributed by atoms with Gasteiger partial charge in [-0.2, -0.15) is 0 Å². The summed E-state index contributed by atoms with van der Waals surface area (Å²) in [5, 5.41) is 20.4. The highest BCUT2D eigenvalue weighted by atomic mass is 16.5. The van der Waals surface area contributed by atoms with E-state index in [-0.39, 0.29) is 12.8 Å². The summed E-state index contributed by atoms with van der Waals surface area (Å²) >= 11 is 0. The zero-order valence-electron chi connectivity index (χ0n) is 10.6. The van der Waals surface area contributed by atoms with Gasteiger partial charge in [-0.25, -0.2) is 0 Å². The topological polar surface area (TPSA) is 95.9 Å². The molecule has 0 radical (unpaired) electrons. The highest BCUT2D eigenvalue weighted by Gasteiger charge is 2.17. The molecule has 6 nitrogen and oxygen atoms in total. The minimum absolute atomic E-state index is 0.0502. The number of carboxylic acids is 2. The Morgan fingerprint density at radius 3 is 2.68 bits per heavy atom. The molecule has 0 amide bonds. The summed E-state index contributed by atoms with van der Waals surface area (Å²) in [6, 6.07) is 6.36. The molecule has 1 aromatic carbocycles. The van der Waals surface area contributed by atoms with E-state index in [0.717, 1.165) is 5.56 Å². The average Bonchev–Trinajstić information content (AvgIpc) is 2.38. The highest BCUT2D eigenvalue weighted by molar-refractivity contribution is 5.75. The van der Waals surface area contributed by atoms with Crippen molar-refractivity contribution in [3.8, 4) is 5.75 Å². The van der Waals surface area contributed by atoms with Crippen LogP contribution in [0.3, 0.4) is 0 Å². The van der Waals surface area contributed by atoms with Crippen LogP contribution in [0.4, 0.5) is 0 Å². The maximum atomic E-state index is 11.0. The largest absolute Gasteiger partial charge is 0.497 e. The molecular formula is C13H17NO5. The van der Waals surface area contributed by atoms with E-state index in [1.54, 1.807) is 19.2 Å². The SMILES string of the molecule is COc1cccc(CN[C@@H](CCC(=O)O)C(=O)O)c1. The maximum absolute atomic E-state index is 11.0. The van der Waals surface area contributed by atoms with Crippen molar-refractivity contribution in [2.24, 2.45) is 0 Å². The number of benzene rings is 1. The van der Waals surface area contributed by atoms with E-state index in [2.05, 4.69) is 5.32 Å². The van der Waals surface area contributed by atoms with Crippen LogP contribution < -0.4 is 10.1 Å². The zero-order chi connectivity index (χ0) is 14.3. The van der Waals surface area contributed by atoms with Gasteiger partial charge in [0, 0.05) is 13.0 Å². The molecule has 1 aromatic rings. The van der Waals surface area contributed by atoms with Crippen molar-refractivity contribution < 1.29 is 24.5 Å². The van der Waals surface area contributed by atoms with Crippen molar-refractivity contribution in [2.45, 2.75) is 25.4 Å². The van der Waals surface area contributed by atoms with E-state index >= 15 is 0 Å². The van der Waals surface area contributed by atoms with Crippen molar-refractivity contribution >= 4 is 11.9 Å². The van der Waals surface area contributed by atoms with Crippen LogP contribution in [-0.2, 0) is 16.1 Å². The minimum Gasteiger partial charge on any atom is -0.497 e. The molecule has 3 N–H and O–H groups in total. The van der Waals surface area contributed by atoms with Gasteiger partial charge in [-0.3, -0.25) is 9.59 Å². The molecule has 104 valence electrons. The summed E-state index contributed by atoms with van der Waals surface area (Å²) in [5.74, 6) is -1.37. The second-order valence-corrected chi connectivity index (χ2v) is 4.06. The molecule has 0 saturated carbocycles. The van der Waals surface area contributed by atoms with Gasteiger partial charge in [0.25, 0.3) is 0 Å². The molecule has 0 aliphatic heterocycles. The Balaban J connectivity index is 2.55. The molecule has 0 aliphatic carbocycles. The Bertz CT molecular complexity index is 446. The number of nitrogens with one attached hydrogen (secondary N) is 1. The van der Waals surface area contributed by atoms with Gasteiger partial charge in [-0.05, 0) is 24.1 Å². The number of carboxylic acid groups (broad SMARTS) is 2. The third-order valence-corrected chi connectivity index (χ3v) is 2.63. The van der Waals surface area contributed by atoms with Crippen molar-refractivity contribution in [1.82, 2.24) is 5.32 Å². The fourth-order valence-electron chi connectivity index (χ4n) is 1.60.